The van der Waals surface area contributed by atoms with E-state index in [9.17, 15) is 5.11 Å². The van der Waals surface area contributed by atoms with Crippen molar-refractivity contribution in [3.05, 3.63) is 58.1 Å². The van der Waals surface area contributed by atoms with Crippen molar-refractivity contribution in [2.75, 3.05) is 13.2 Å². The Balaban J connectivity index is 2.44. The van der Waals surface area contributed by atoms with Crippen molar-refractivity contribution in [3.8, 4) is 11.5 Å². The Morgan fingerprint density at radius 1 is 0.952 bits per heavy atom. The zero-order valence-corrected chi connectivity index (χ0v) is 13.8. The van der Waals surface area contributed by atoms with Gasteiger partial charge in [0.25, 0.3) is 0 Å². The van der Waals surface area contributed by atoms with Crippen LogP contribution in [0.5, 0.6) is 11.5 Å². The van der Waals surface area contributed by atoms with Crippen molar-refractivity contribution in [2.45, 2.75) is 20.0 Å². The Hall–Kier alpha value is -1.52. The summed E-state index contributed by atoms with van der Waals surface area (Å²) in [5.41, 5.74) is 1.46. The molecule has 2 aromatic carbocycles. The predicted octanol–water partition coefficient (Wildman–Crippen LogP) is 4.33. The second-order valence-electron chi connectivity index (χ2n) is 4.49. The number of halogens is 1. The van der Waals surface area contributed by atoms with Crippen LogP contribution in [0.3, 0.4) is 0 Å². The summed E-state index contributed by atoms with van der Waals surface area (Å²) in [7, 11) is 0. The van der Waals surface area contributed by atoms with E-state index in [1.807, 2.05) is 56.3 Å². The first-order chi connectivity index (χ1) is 10.2. The minimum absolute atomic E-state index is 0.550. The molecule has 3 nitrogen and oxygen atoms in total. The fraction of sp³-hybridized carbons (Fsp3) is 0.294. The van der Waals surface area contributed by atoms with E-state index in [1.165, 1.54) is 0 Å². The molecule has 0 aliphatic carbocycles. The molecule has 1 N–H and O–H groups in total. The molecule has 4 heteroatoms. The molecule has 2 rings (SSSR count). The van der Waals surface area contributed by atoms with Gasteiger partial charge in [-0.1, -0.05) is 34.1 Å². The van der Waals surface area contributed by atoms with Crippen LogP contribution in [-0.4, -0.2) is 18.3 Å². The zero-order valence-electron chi connectivity index (χ0n) is 12.2. The van der Waals surface area contributed by atoms with E-state index in [-0.39, 0.29) is 0 Å². The van der Waals surface area contributed by atoms with E-state index in [0.717, 1.165) is 15.6 Å². The molecule has 0 saturated carbocycles. The molecule has 21 heavy (non-hydrogen) atoms. The normalized spacial score (nSPS) is 12.0. The van der Waals surface area contributed by atoms with Gasteiger partial charge < -0.3 is 14.6 Å². The van der Waals surface area contributed by atoms with Gasteiger partial charge >= 0.3 is 0 Å². The lowest BCUT2D eigenvalue weighted by molar-refractivity contribution is 0.204. The number of hydrogen-bond donors (Lipinski definition) is 1. The van der Waals surface area contributed by atoms with Gasteiger partial charge in [-0.3, -0.25) is 0 Å². The molecule has 0 fully saturated rings. The molecular weight excluding hydrogens is 332 g/mol. The molecule has 0 aliphatic heterocycles. The van der Waals surface area contributed by atoms with Gasteiger partial charge in [0.15, 0.2) is 0 Å². The van der Waals surface area contributed by atoms with Crippen LogP contribution >= 0.6 is 15.9 Å². The molecule has 1 atom stereocenters. The largest absolute Gasteiger partial charge is 0.493 e. The van der Waals surface area contributed by atoms with Crippen molar-refractivity contribution in [1.82, 2.24) is 0 Å². The van der Waals surface area contributed by atoms with Crippen molar-refractivity contribution in [3.63, 3.8) is 0 Å². The van der Waals surface area contributed by atoms with E-state index in [2.05, 4.69) is 15.9 Å². The molecule has 2 aromatic rings. The highest BCUT2D eigenvalue weighted by atomic mass is 79.9. The summed E-state index contributed by atoms with van der Waals surface area (Å²) in [5.74, 6) is 1.37. The van der Waals surface area contributed by atoms with Gasteiger partial charge in [0, 0.05) is 15.6 Å². The van der Waals surface area contributed by atoms with E-state index in [1.54, 1.807) is 0 Å². The van der Waals surface area contributed by atoms with Crippen molar-refractivity contribution in [2.24, 2.45) is 0 Å². The fourth-order valence-corrected chi connectivity index (χ4v) is 2.56. The summed E-state index contributed by atoms with van der Waals surface area (Å²) in [6.07, 6.45) is -0.799. The van der Waals surface area contributed by atoms with Crippen LogP contribution in [0.25, 0.3) is 0 Å². The topological polar surface area (TPSA) is 38.7 Å². The Bertz CT molecular complexity index is 598. The molecule has 0 amide bonds. The van der Waals surface area contributed by atoms with Crippen LogP contribution in [0.1, 0.15) is 31.1 Å². The average molecular weight is 351 g/mol. The average Bonchev–Trinajstić information content (AvgIpc) is 2.49. The van der Waals surface area contributed by atoms with Gasteiger partial charge in [-0.05, 0) is 38.1 Å². The van der Waals surface area contributed by atoms with Gasteiger partial charge in [0.05, 0.1) is 13.2 Å². The Morgan fingerprint density at radius 3 is 2.24 bits per heavy atom. The molecule has 0 saturated heterocycles. The van der Waals surface area contributed by atoms with Crippen LogP contribution in [0.4, 0.5) is 0 Å². The third-order valence-electron chi connectivity index (χ3n) is 3.08. The Labute approximate surface area is 133 Å². The van der Waals surface area contributed by atoms with Crippen molar-refractivity contribution < 1.29 is 14.6 Å². The number of rotatable bonds is 6. The quantitative estimate of drug-likeness (QED) is 0.842. The highest BCUT2D eigenvalue weighted by molar-refractivity contribution is 9.10. The lowest BCUT2D eigenvalue weighted by Crippen LogP contribution is -2.06. The van der Waals surface area contributed by atoms with Gasteiger partial charge in [0.1, 0.15) is 17.6 Å². The van der Waals surface area contributed by atoms with Crippen molar-refractivity contribution >= 4 is 15.9 Å². The fourth-order valence-electron chi connectivity index (χ4n) is 2.18. The minimum Gasteiger partial charge on any atom is -0.493 e. The molecule has 0 radical (unpaired) electrons. The maximum absolute atomic E-state index is 10.8. The SMILES string of the molecule is CCOc1ccccc1C(O)c1cc(Br)ccc1OCC. The predicted molar refractivity (Wildman–Crippen MR) is 87.0 cm³/mol. The van der Waals surface area contributed by atoms with Gasteiger partial charge in [-0.25, -0.2) is 0 Å². The summed E-state index contributed by atoms with van der Waals surface area (Å²) >= 11 is 3.44. The number of ether oxygens (including phenoxy) is 2. The summed E-state index contributed by atoms with van der Waals surface area (Å²) in [6.45, 7) is 4.95. The van der Waals surface area contributed by atoms with E-state index >= 15 is 0 Å². The van der Waals surface area contributed by atoms with Gasteiger partial charge in [-0.2, -0.15) is 0 Å². The monoisotopic (exact) mass is 350 g/mol. The molecule has 112 valence electrons. The second kappa shape index (κ2) is 7.48. The number of benzene rings is 2. The lowest BCUT2D eigenvalue weighted by atomic mass is 10.00. The number of para-hydroxylation sites is 1. The van der Waals surface area contributed by atoms with Crippen LogP contribution in [0, 0.1) is 0 Å². The summed E-state index contributed by atoms with van der Waals surface area (Å²) in [4.78, 5) is 0. The summed E-state index contributed by atoms with van der Waals surface area (Å²) in [5, 5.41) is 10.8. The summed E-state index contributed by atoms with van der Waals surface area (Å²) < 4.78 is 12.1. The third-order valence-corrected chi connectivity index (χ3v) is 3.57. The smallest absolute Gasteiger partial charge is 0.125 e. The molecule has 1 unspecified atom stereocenters. The number of aliphatic hydroxyl groups excluding tert-OH is 1. The van der Waals surface area contributed by atoms with Gasteiger partial charge in [0.2, 0.25) is 0 Å². The molecule has 0 bridgehead atoms. The highest BCUT2D eigenvalue weighted by Gasteiger charge is 2.19. The number of aliphatic hydroxyl groups is 1. The maximum atomic E-state index is 10.8. The van der Waals surface area contributed by atoms with Gasteiger partial charge in [-0.15, -0.1) is 0 Å². The molecule has 0 aromatic heterocycles. The summed E-state index contributed by atoms with van der Waals surface area (Å²) in [6, 6.07) is 13.1. The minimum atomic E-state index is -0.799. The first kappa shape index (κ1) is 15.9. The Morgan fingerprint density at radius 2 is 1.57 bits per heavy atom. The first-order valence-corrected chi connectivity index (χ1v) is 7.78. The first-order valence-electron chi connectivity index (χ1n) is 6.99. The van der Waals surface area contributed by atoms with Crippen LogP contribution in [0.15, 0.2) is 46.9 Å². The van der Waals surface area contributed by atoms with Crippen LogP contribution in [0.2, 0.25) is 0 Å². The van der Waals surface area contributed by atoms with E-state index < -0.39 is 6.10 Å². The molecule has 0 aliphatic rings. The van der Waals surface area contributed by atoms with Crippen LogP contribution in [-0.2, 0) is 0 Å². The Kier molecular flexibility index (Phi) is 5.65. The zero-order chi connectivity index (χ0) is 15.2. The standard InChI is InChI=1S/C17H19BrO3/c1-3-20-15-8-6-5-7-13(15)17(19)14-11-12(18)9-10-16(14)21-4-2/h5-11,17,19H,3-4H2,1-2H3. The van der Waals surface area contributed by atoms with Crippen LogP contribution < -0.4 is 9.47 Å². The number of hydrogen-bond acceptors (Lipinski definition) is 3. The second-order valence-corrected chi connectivity index (χ2v) is 5.40. The maximum Gasteiger partial charge on any atom is 0.125 e. The highest BCUT2D eigenvalue weighted by Crippen LogP contribution is 2.36. The molecule has 0 spiro atoms. The lowest BCUT2D eigenvalue weighted by Gasteiger charge is -2.19. The van der Waals surface area contributed by atoms with Crippen molar-refractivity contribution in [1.29, 1.82) is 0 Å². The third kappa shape index (κ3) is 3.77. The van der Waals surface area contributed by atoms with E-state index in [4.69, 9.17) is 9.47 Å². The van der Waals surface area contributed by atoms with E-state index in [0.29, 0.717) is 24.7 Å². The molecule has 0 heterocycles. The molecular formula is C17H19BrO3.